The van der Waals surface area contributed by atoms with Crippen LogP contribution in [0.15, 0.2) is 12.3 Å². The molecule has 1 aromatic heterocycles. The second-order valence-electron chi connectivity index (χ2n) is 3.86. The third kappa shape index (κ3) is 4.08. The first-order chi connectivity index (χ1) is 8.99. The fourth-order valence-electron chi connectivity index (χ4n) is 1.53. The van der Waals surface area contributed by atoms with E-state index < -0.39 is 24.1 Å². The number of H-pyrrole nitrogens is 1. The van der Waals surface area contributed by atoms with Crippen LogP contribution in [0, 0.1) is 0 Å². The molecule has 0 amide bonds. The number of hydrogen-bond donors (Lipinski definition) is 3. The van der Waals surface area contributed by atoms with Crippen LogP contribution in [0.4, 0.5) is 0 Å². The van der Waals surface area contributed by atoms with E-state index in [1.165, 1.54) is 19.4 Å². The van der Waals surface area contributed by atoms with E-state index >= 15 is 0 Å². The Hall–Kier alpha value is -1.86. The summed E-state index contributed by atoms with van der Waals surface area (Å²) in [6.07, 6.45) is -1.56. The number of esters is 2. The number of aliphatic hydroxyl groups excluding tert-OH is 2. The van der Waals surface area contributed by atoms with E-state index in [-0.39, 0.29) is 24.3 Å². The lowest BCUT2D eigenvalue weighted by atomic mass is 10.0. The molecule has 0 aliphatic rings. The zero-order chi connectivity index (χ0) is 14.4. The highest BCUT2D eigenvalue weighted by molar-refractivity contribution is 5.87. The second kappa shape index (κ2) is 6.91. The van der Waals surface area contributed by atoms with Crippen molar-refractivity contribution in [2.45, 2.75) is 25.6 Å². The van der Waals surface area contributed by atoms with Crippen LogP contribution in [0.25, 0.3) is 0 Å². The van der Waals surface area contributed by atoms with Gasteiger partial charge in [-0.3, -0.25) is 4.79 Å². The monoisotopic (exact) mass is 271 g/mol. The van der Waals surface area contributed by atoms with E-state index in [9.17, 15) is 19.8 Å². The zero-order valence-electron chi connectivity index (χ0n) is 10.8. The molecule has 3 N–H and O–H groups in total. The van der Waals surface area contributed by atoms with Gasteiger partial charge in [0, 0.05) is 11.8 Å². The smallest absolute Gasteiger partial charge is 0.354 e. The van der Waals surface area contributed by atoms with E-state index in [2.05, 4.69) is 14.5 Å². The summed E-state index contributed by atoms with van der Waals surface area (Å²) in [5.41, 5.74) is 0.442. The Morgan fingerprint density at radius 3 is 2.68 bits per heavy atom. The molecule has 0 saturated heterocycles. The topological polar surface area (TPSA) is 109 Å². The quantitative estimate of drug-likeness (QED) is 0.635. The number of carbonyl (C=O) groups is 2. The minimum absolute atomic E-state index is 0.153. The molecule has 7 nitrogen and oxygen atoms in total. The van der Waals surface area contributed by atoms with E-state index in [4.69, 9.17) is 0 Å². The molecule has 1 heterocycles. The second-order valence-corrected chi connectivity index (χ2v) is 3.86. The molecule has 0 fully saturated rings. The number of ether oxygens (including phenoxy) is 2. The van der Waals surface area contributed by atoms with Crippen LogP contribution >= 0.6 is 0 Å². The third-order valence-corrected chi connectivity index (χ3v) is 2.50. The van der Waals surface area contributed by atoms with Gasteiger partial charge in [-0.15, -0.1) is 0 Å². The van der Waals surface area contributed by atoms with Crippen LogP contribution < -0.4 is 0 Å². The normalized spacial score (nSPS) is 13.7. The van der Waals surface area contributed by atoms with Crippen molar-refractivity contribution >= 4 is 11.9 Å². The van der Waals surface area contributed by atoms with E-state index in [1.807, 2.05) is 0 Å². The summed E-state index contributed by atoms with van der Waals surface area (Å²) < 4.78 is 9.17. The van der Waals surface area contributed by atoms with Gasteiger partial charge in [0.2, 0.25) is 0 Å². The van der Waals surface area contributed by atoms with Crippen molar-refractivity contribution in [2.24, 2.45) is 0 Å². The number of nitrogens with one attached hydrogen (secondary N) is 1. The molecule has 2 atom stereocenters. The van der Waals surface area contributed by atoms with Gasteiger partial charge in [-0.2, -0.15) is 0 Å². The predicted octanol–water partition coefficient (Wildman–Crippen LogP) is 0.149. The SMILES string of the molecule is CCOC(=O)CC(O)C(O)c1c[nH]c(C(=O)OC)c1. The largest absolute Gasteiger partial charge is 0.466 e. The minimum Gasteiger partial charge on any atom is -0.466 e. The number of hydrogen-bond acceptors (Lipinski definition) is 6. The molecule has 0 saturated carbocycles. The standard InChI is InChI=1S/C12H17NO6/c1-3-19-10(15)5-9(14)11(16)7-4-8(13-6-7)12(17)18-2/h4,6,9,11,13-14,16H,3,5H2,1-2H3. The summed E-state index contributed by atoms with van der Waals surface area (Å²) in [5.74, 6) is -1.18. The van der Waals surface area contributed by atoms with Crippen molar-refractivity contribution in [1.82, 2.24) is 4.98 Å². The van der Waals surface area contributed by atoms with E-state index in [0.717, 1.165) is 0 Å². The summed E-state index contributed by atoms with van der Waals surface area (Å²) in [4.78, 5) is 25.0. The first-order valence-electron chi connectivity index (χ1n) is 5.78. The van der Waals surface area contributed by atoms with Crippen LogP contribution in [-0.2, 0) is 14.3 Å². The van der Waals surface area contributed by atoms with Gasteiger partial charge in [-0.25, -0.2) is 4.79 Å². The Bertz CT molecular complexity index is 441. The maximum atomic E-state index is 11.2. The van der Waals surface area contributed by atoms with Crippen molar-refractivity contribution in [3.63, 3.8) is 0 Å². The molecule has 0 spiro atoms. The number of carbonyl (C=O) groups excluding carboxylic acids is 2. The molecule has 7 heteroatoms. The maximum absolute atomic E-state index is 11.2. The molecular weight excluding hydrogens is 254 g/mol. The van der Waals surface area contributed by atoms with Gasteiger partial charge in [0.05, 0.1) is 26.2 Å². The highest BCUT2D eigenvalue weighted by Crippen LogP contribution is 2.20. The van der Waals surface area contributed by atoms with Crippen molar-refractivity contribution in [2.75, 3.05) is 13.7 Å². The third-order valence-electron chi connectivity index (χ3n) is 2.50. The molecule has 0 radical (unpaired) electrons. The van der Waals surface area contributed by atoms with Gasteiger partial charge in [0.15, 0.2) is 0 Å². The Morgan fingerprint density at radius 2 is 2.11 bits per heavy atom. The van der Waals surface area contributed by atoms with E-state index in [0.29, 0.717) is 0 Å². The highest BCUT2D eigenvalue weighted by Gasteiger charge is 2.24. The van der Waals surface area contributed by atoms with Crippen LogP contribution in [0.2, 0.25) is 0 Å². The fraction of sp³-hybridized carbons (Fsp3) is 0.500. The molecule has 1 rings (SSSR count). The van der Waals surface area contributed by atoms with Crippen molar-refractivity contribution in [3.8, 4) is 0 Å². The van der Waals surface area contributed by atoms with Crippen LogP contribution in [-0.4, -0.2) is 47.0 Å². The summed E-state index contributed by atoms with van der Waals surface area (Å²) >= 11 is 0. The first-order valence-corrected chi connectivity index (χ1v) is 5.78. The van der Waals surface area contributed by atoms with Crippen LogP contribution in [0.5, 0.6) is 0 Å². The molecule has 0 bridgehead atoms. The Labute approximate surface area is 110 Å². The van der Waals surface area contributed by atoms with Gasteiger partial charge in [0.25, 0.3) is 0 Å². The number of aliphatic hydroxyl groups is 2. The number of aromatic nitrogens is 1. The van der Waals surface area contributed by atoms with Crippen LogP contribution in [0.1, 0.15) is 35.5 Å². The summed E-state index contributed by atoms with van der Waals surface area (Å²) in [6.45, 7) is 1.85. The molecule has 0 aliphatic carbocycles. The van der Waals surface area contributed by atoms with Gasteiger partial charge in [0.1, 0.15) is 11.8 Å². The molecule has 1 aromatic rings. The fourth-order valence-corrected chi connectivity index (χ4v) is 1.53. The van der Waals surface area contributed by atoms with Gasteiger partial charge < -0.3 is 24.7 Å². The Balaban J connectivity index is 2.66. The summed E-state index contributed by atoms with van der Waals surface area (Å²) in [5, 5.41) is 19.5. The summed E-state index contributed by atoms with van der Waals surface area (Å²) in [6, 6.07) is 1.35. The first kappa shape index (κ1) is 15.2. The van der Waals surface area contributed by atoms with Gasteiger partial charge >= 0.3 is 11.9 Å². The van der Waals surface area contributed by atoms with Crippen molar-refractivity contribution < 1.29 is 29.3 Å². The average molecular weight is 271 g/mol. The average Bonchev–Trinajstić information content (AvgIpc) is 2.86. The molecule has 106 valence electrons. The highest BCUT2D eigenvalue weighted by atomic mass is 16.5. The van der Waals surface area contributed by atoms with Gasteiger partial charge in [-0.05, 0) is 13.0 Å². The van der Waals surface area contributed by atoms with Gasteiger partial charge in [-0.1, -0.05) is 0 Å². The van der Waals surface area contributed by atoms with E-state index in [1.54, 1.807) is 6.92 Å². The van der Waals surface area contributed by atoms with Crippen LogP contribution in [0.3, 0.4) is 0 Å². The lowest BCUT2D eigenvalue weighted by Gasteiger charge is -2.15. The maximum Gasteiger partial charge on any atom is 0.354 e. The zero-order valence-corrected chi connectivity index (χ0v) is 10.8. The molecule has 2 unspecified atom stereocenters. The molecule has 19 heavy (non-hydrogen) atoms. The number of methoxy groups -OCH3 is 1. The molecular formula is C12H17NO6. The molecule has 0 aromatic carbocycles. The lowest BCUT2D eigenvalue weighted by molar-refractivity contribution is -0.147. The number of aromatic amines is 1. The number of rotatable bonds is 6. The molecule has 0 aliphatic heterocycles. The summed E-state index contributed by atoms with van der Waals surface area (Å²) in [7, 11) is 1.23. The van der Waals surface area contributed by atoms with Crippen molar-refractivity contribution in [1.29, 1.82) is 0 Å². The lowest BCUT2D eigenvalue weighted by Crippen LogP contribution is -2.22. The Morgan fingerprint density at radius 1 is 1.42 bits per heavy atom. The Kier molecular flexibility index (Phi) is 5.53. The minimum atomic E-state index is -1.31. The van der Waals surface area contributed by atoms with Crippen molar-refractivity contribution in [3.05, 3.63) is 23.5 Å². The predicted molar refractivity (Wildman–Crippen MR) is 64.3 cm³/mol.